The second-order valence-corrected chi connectivity index (χ2v) is 4.47. The second kappa shape index (κ2) is 5.48. The summed E-state index contributed by atoms with van der Waals surface area (Å²) in [7, 11) is 0. The predicted octanol–water partition coefficient (Wildman–Crippen LogP) is 1.61. The van der Waals surface area contributed by atoms with Crippen LogP contribution in [-0.2, 0) is 0 Å². The molecule has 1 fully saturated rings. The van der Waals surface area contributed by atoms with Crippen LogP contribution in [0.2, 0.25) is 0 Å². The van der Waals surface area contributed by atoms with Gasteiger partial charge in [0.05, 0.1) is 17.8 Å². The summed E-state index contributed by atoms with van der Waals surface area (Å²) in [6.07, 6.45) is 8.61. The van der Waals surface area contributed by atoms with Crippen molar-refractivity contribution in [1.82, 2.24) is 15.5 Å². The highest BCUT2D eigenvalue weighted by atomic mass is 16.1. The van der Waals surface area contributed by atoms with E-state index in [0.29, 0.717) is 11.5 Å². The first-order valence-corrected chi connectivity index (χ1v) is 6.00. The largest absolute Gasteiger partial charge is 0.336 e. The predicted molar refractivity (Wildman–Crippen MR) is 62.0 cm³/mol. The summed E-state index contributed by atoms with van der Waals surface area (Å²) in [6.45, 7) is 0. The average molecular weight is 232 g/mol. The van der Waals surface area contributed by atoms with Crippen LogP contribution < -0.4 is 5.32 Å². The van der Waals surface area contributed by atoms with E-state index >= 15 is 0 Å². The smallest absolute Gasteiger partial charge is 0.255 e. The molecule has 2 N–H and O–H groups in total. The van der Waals surface area contributed by atoms with Crippen LogP contribution in [0.25, 0.3) is 0 Å². The lowest BCUT2D eigenvalue weighted by Gasteiger charge is -2.26. The molecule has 5 heteroatoms. The van der Waals surface area contributed by atoms with Gasteiger partial charge in [-0.15, -0.1) is 0 Å². The number of aromatic nitrogens is 2. The van der Waals surface area contributed by atoms with E-state index in [1.54, 1.807) is 0 Å². The SMILES string of the molecule is N#CC(NC(=O)c1cn[nH]c1)C1CCCCC1. The summed E-state index contributed by atoms with van der Waals surface area (Å²) in [4.78, 5) is 11.8. The molecule has 90 valence electrons. The molecule has 1 atom stereocenters. The summed E-state index contributed by atoms with van der Waals surface area (Å²) in [5.41, 5.74) is 0.473. The molecule has 1 aliphatic carbocycles. The van der Waals surface area contributed by atoms with Crippen LogP contribution >= 0.6 is 0 Å². The Labute approximate surface area is 100 Å². The highest BCUT2D eigenvalue weighted by Crippen LogP contribution is 2.26. The minimum atomic E-state index is -0.377. The van der Waals surface area contributed by atoms with Crippen molar-refractivity contribution >= 4 is 5.91 Å². The molecule has 0 radical (unpaired) electrons. The van der Waals surface area contributed by atoms with Gasteiger partial charge in [-0.2, -0.15) is 10.4 Å². The van der Waals surface area contributed by atoms with Gasteiger partial charge in [-0.25, -0.2) is 0 Å². The molecular weight excluding hydrogens is 216 g/mol. The van der Waals surface area contributed by atoms with Crippen LogP contribution in [0.15, 0.2) is 12.4 Å². The van der Waals surface area contributed by atoms with E-state index in [1.807, 2.05) is 0 Å². The van der Waals surface area contributed by atoms with Gasteiger partial charge < -0.3 is 5.32 Å². The molecule has 1 saturated carbocycles. The molecule has 0 bridgehead atoms. The first-order valence-electron chi connectivity index (χ1n) is 6.00. The fourth-order valence-electron chi connectivity index (χ4n) is 2.32. The molecule has 0 saturated heterocycles. The van der Waals surface area contributed by atoms with E-state index in [4.69, 9.17) is 5.26 Å². The van der Waals surface area contributed by atoms with Gasteiger partial charge in [0.25, 0.3) is 5.91 Å². The van der Waals surface area contributed by atoms with E-state index in [0.717, 1.165) is 25.7 Å². The zero-order chi connectivity index (χ0) is 12.1. The molecule has 1 aliphatic rings. The molecule has 5 nitrogen and oxygen atoms in total. The van der Waals surface area contributed by atoms with Crippen molar-refractivity contribution in [3.8, 4) is 6.07 Å². The van der Waals surface area contributed by atoms with Crippen molar-refractivity contribution in [1.29, 1.82) is 5.26 Å². The van der Waals surface area contributed by atoms with E-state index in [9.17, 15) is 4.79 Å². The average Bonchev–Trinajstić information content (AvgIpc) is 2.90. The number of nitrogens with zero attached hydrogens (tertiary/aromatic N) is 2. The Bertz CT molecular complexity index is 401. The van der Waals surface area contributed by atoms with E-state index < -0.39 is 0 Å². The highest BCUT2D eigenvalue weighted by molar-refractivity contribution is 5.94. The maximum atomic E-state index is 11.8. The summed E-state index contributed by atoms with van der Waals surface area (Å²) >= 11 is 0. The summed E-state index contributed by atoms with van der Waals surface area (Å²) in [5.74, 6) is 0.0699. The number of amides is 1. The fourth-order valence-corrected chi connectivity index (χ4v) is 2.32. The van der Waals surface area contributed by atoms with Crippen molar-refractivity contribution in [2.45, 2.75) is 38.1 Å². The Kier molecular flexibility index (Phi) is 3.76. The van der Waals surface area contributed by atoms with Crippen molar-refractivity contribution in [3.63, 3.8) is 0 Å². The number of carbonyl (C=O) groups is 1. The Balaban J connectivity index is 1.95. The molecule has 2 rings (SSSR count). The molecule has 0 aliphatic heterocycles. The van der Waals surface area contributed by atoms with E-state index in [1.165, 1.54) is 18.8 Å². The minimum absolute atomic E-state index is 0.226. The van der Waals surface area contributed by atoms with Crippen LogP contribution in [0.5, 0.6) is 0 Å². The maximum absolute atomic E-state index is 11.8. The first kappa shape index (κ1) is 11.6. The van der Waals surface area contributed by atoms with Crippen LogP contribution in [0.3, 0.4) is 0 Å². The quantitative estimate of drug-likeness (QED) is 0.830. The molecule has 1 aromatic heterocycles. The van der Waals surface area contributed by atoms with Gasteiger partial charge in [-0.3, -0.25) is 9.89 Å². The first-order chi connectivity index (χ1) is 8.31. The lowest BCUT2D eigenvalue weighted by atomic mass is 9.84. The van der Waals surface area contributed by atoms with E-state index in [2.05, 4.69) is 21.6 Å². The van der Waals surface area contributed by atoms with Crippen molar-refractivity contribution < 1.29 is 4.79 Å². The number of H-pyrrole nitrogens is 1. The molecule has 0 spiro atoms. The molecule has 17 heavy (non-hydrogen) atoms. The van der Waals surface area contributed by atoms with E-state index in [-0.39, 0.29) is 11.9 Å². The van der Waals surface area contributed by atoms with Crippen LogP contribution in [0.1, 0.15) is 42.5 Å². The Hall–Kier alpha value is -1.83. The Morgan fingerprint density at radius 3 is 2.88 bits per heavy atom. The normalized spacial score (nSPS) is 18.3. The lowest BCUT2D eigenvalue weighted by molar-refractivity contribution is 0.0929. The fraction of sp³-hybridized carbons (Fsp3) is 0.583. The second-order valence-electron chi connectivity index (χ2n) is 4.47. The number of nitrogens with one attached hydrogen (secondary N) is 2. The Morgan fingerprint density at radius 2 is 2.29 bits per heavy atom. The third-order valence-corrected chi connectivity index (χ3v) is 3.31. The zero-order valence-corrected chi connectivity index (χ0v) is 9.65. The van der Waals surface area contributed by atoms with Gasteiger partial charge in [0, 0.05) is 6.20 Å². The topological polar surface area (TPSA) is 81.6 Å². The zero-order valence-electron chi connectivity index (χ0n) is 9.65. The number of hydrogen-bond acceptors (Lipinski definition) is 3. The molecular formula is C12H16N4O. The summed E-state index contributed by atoms with van der Waals surface area (Å²) < 4.78 is 0. The van der Waals surface area contributed by atoms with Crippen molar-refractivity contribution in [2.75, 3.05) is 0 Å². The molecule has 1 amide bonds. The molecule has 1 unspecified atom stereocenters. The third-order valence-electron chi connectivity index (χ3n) is 3.31. The minimum Gasteiger partial charge on any atom is -0.336 e. The number of hydrogen-bond donors (Lipinski definition) is 2. The van der Waals surface area contributed by atoms with Crippen molar-refractivity contribution in [2.24, 2.45) is 5.92 Å². The monoisotopic (exact) mass is 232 g/mol. The lowest BCUT2D eigenvalue weighted by Crippen LogP contribution is -2.39. The maximum Gasteiger partial charge on any atom is 0.255 e. The van der Waals surface area contributed by atoms with Crippen molar-refractivity contribution in [3.05, 3.63) is 18.0 Å². The van der Waals surface area contributed by atoms with Crippen LogP contribution in [0.4, 0.5) is 0 Å². The Morgan fingerprint density at radius 1 is 1.53 bits per heavy atom. The van der Waals surface area contributed by atoms with Gasteiger partial charge >= 0.3 is 0 Å². The number of aromatic amines is 1. The number of rotatable bonds is 3. The molecule has 1 heterocycles. The van der Waals surface area contributed by atoms with Crippen LogP contribution in [0, 0.1) is 17.2 Å². The van der Waals surface area contributed by atoms with Gasteiger partial charge in [0.1, 0.15) is 6.04 Å². The summed E-state index contributed by atoms with van der Waals surface area (Å²) in [5, 5.41) is 18.2. The van der Waals surface area contributed by atoms with Gasteiger partial charge in [-0.05, 0) is 18.8 Å². The summed E-state index contributed by atoms with van der Waals surface area (Å²) in [6, 6.07) is 1.82. The van der Waals surface area contributed by atoms with Gasteiger partial charge in [0.15, 0.2) is 0 Å². The standard InChI is InChI=1S/C12H16N4O/c13-6-11(9-4-2-1-3-5-9)16-12(17)10-7-14-15-8-10/h7-9,11H,1-5H2,(H,14,15)(H,16,17). The molecule has 0 aromatic carbocycles. The number of nitriles is 1. The van der Waals surface area contributed by atoms with Gasteiger partial charge in [-0.1, -0.05) is 19.3 Å². The van der Waals surface area contributed by atoms with Gasteiger partial charge in [0.2, 0.25) is 0 Å². The molecule has 1 aromatic rings. The third kappa shape index (κ3) is 2.84. The number of carbonyl (C=O) groups excluding carboxylic acids is 1. The van der Waals surface area contributed by atoms with Crippen LogP contribution in [-0.4, -0.2) is 22.1 Å². The highest BCUT2D eigenvalue weighted by Gasteiger charge is 2.25.